The number of rotatable bonds is 6. The quantitative estimate of drug-likeness (QED) is 0.416. The molecule has 3 aromatic rings. The highest BCUT2D eigenvalue weighted by Gasteiger charge is 2.25. The molecule has 1 unspecified atom stereocenters. The number of fused-ring (bicyclic) bond motifs is 1. The predicted molar refractivity (Wildman–Crippen MR) is 119 cm³/mol. The van der Waals surface area contributed by atoms with Crippen LogP contribution < -0.4 is 16.2 Å². The Morgan fingerprint density at radius 1 is 1.00 bits per heavy atom. The first-order valence-electron chi connectivity index (χ1n) is 9.54. The van der Waals surface area contributed by atoms with Crippen LogP contribution in [0.2, 0.25) is 0 Å². The third kappa shape index (κ3) is 5.48. The summed E-state index contributed by atoms with van der Waals surface area (Å²) in [5.41, 5.74) is 5.88. The molecule has 8 heteroatoms. The van der Waals surface area contributed by atoms with E-state index in [0.29, 0.717) is 5.69 Å². The van der Waals surface area contributed by atoms with E-state index in [1.165, 1.54) is 0 Å². The van der Waals surface area contributed by atoms with Crippen LogP contribution in [-0.4, -0.2) is 28.7 Å². The summed E-state index contributed by atoms with van der Waals surface area (Å²) in [5.74, 6) is -1.41. The Hall–Kier alpha value is -3.13. The van der Waals surface area contributed by atoms with Crippen LogP contribution >= 0.6 is 15.9 Å². The van der Waals surface area contributed by atoms with Crippen molar-refractivity contribution in [1.29, 1.82) is 0 Å². The zero-order valence-corrected chi connectivity index (χ0v) is 18.2. The third-order valence-electron chi connectivity index (χ3n) is 4.64. The van der Waals surface area contributed by atoms with Gasteiger partial charge in [0.15, 0.2) is 0 Å². The van der Waals surface area contributed by atoms with Gasteiger partial charge in [0.2, 0.25) is 5.91 Å². The smallest absolute Gasteiger partial charge is 0.286 e. The summed E-state index contributed by atoms with van der Waals surface area (Å²) in [5, 5.41) is 4.92. The van der Waals surface area contributed by atoms with Crippen molar-refractivity contribution in [2.75, 3.05) is 0 Å². The van der Waals surface area contributed by atoms with E-state index in [1.807, 2.05) is 56.3 Å². The van der Waals surface area contributed by atoms with Crippen LogP contribution in [0.3, 0.4) is 0 Å². The number of hydrogen-bond donors (Lipinski definition) is 4. The third-order valence-corrected chi connectivity index (χ3v) is 5.09. The second kappa shape index (κ2) is 9.58. The molecule has 0 saturated carbocycles. The summed E-state index contributed by atoms with van der Waals surface area (Å²) < 4.78 is 0.722. The minimum absolute atomic E-state index is 0.157. The first-order valence-corrected chi connectivity index (χ1v) is 10.3. The lowest BCUT2D eigenvalue weighted by atomic mass is 10.0. The minimum atomic E-state index is -0.784. The minimum Gasteiger partial charge on any atom is -0.356 e. The lowest BCUT2D eigenvalue weighted by Gasteiger charge is -2.22. The largest absolute Gasteiger partial charge is 0.356 e. The molecule has 3 rings (SSSR count). The molecule has 0 spiro atoms. The van der Waals surface area contributed by atoms with Crippen molar-refractivity contribution in [3.8, 4) is 0 Å². The number of benzene rings is 2. The number of aromatic nitrogens is 1. The van der Waals surface area contributed by atoms with Gasteiger partial charge in [0.05, 0.1) is 6.42 Å². The molecule has 0 fully saturated rings. The Bertz CT molecular complexity index is 1080. The normalized spacial score (nSPS) is 11.9. The van der Waals surface area contributed by atoms with E-state index < -0.39 is 17.9 Å². The molecule has 1 heterocycles. The van der Waals surface area contributed by atoms with Crippen LogP contribution in [0.1, 0.15) is 29.9 Å². The van der Waals surface area contributed by atoms with Crippen LogP contribution in [0.4, 0.5) is 0 Å². The maximum atomic E-state index is 12.5. The molecule has 30 heavy (non-hydrogen) atoms. The van der Waals surface area contributed by atoms with Gasteiger partial charge in [0.1, 0.15) is 11.7 Å². The average molecular weight is 471 g/mol. The van der Waals surface area contributed by atoms with Crippen molar-refractivity contribution in [3.63, 3.8) is 0 Å². The van der Waals surface area contributed by atoms with Crippen LogP contribution in [0.15, 0.2) is 59.2 Å². The van der Waals surface area contributed by atoms with Crippen LogP contribution in [0, 0.1) is 5.92 Å². The average Bonchev–Trinajstić information content (AvgIpc) is 3.16. The lowest BCUT2D eigenvalue weighted by molar-refractivity contribution is -0.130. The maximum Gasteiger partial charge on any atom is 0.286 e. The molecular formula is C22H23BrN4O3. The molecule has 0 bridgehead atoms. The zero-order valence-electron chi connectivity index (χ0n) is 16.7. The fraction of sp³-hybridized carbons (Fsp3) is 0.227. The molecule has 156 valence electrons. The molecule has 0 radical (unpaired) electrons. The van der Waals surface area contributed by atoms with E-state index in [9.17, 15) is 14.4 Å². The predicted octanol–water partition coefficient (Wildman–Crippen LogP) is 3.07. The summed E-state index contributed by atoms with van der Waals surface area (Å²) in [6, 6.07) is 14.6. The highest BCUT2D eigenvalue weighted by Crippen LogP contribution is 2.16. The van der Waals surface area contributed by atoms with Crippen molar-refractivity contribution in [2.24, 2.45) is 5.92 Å². The van der Waals surface area contributed by atoms with Crippen molar-refractivity contribution in [1.82, 2.24) is 21.2 Å². The van der Waals surface area contributed by atoms with E-state index in [1.54, 1.807) is 12.3 Å². The van der Waals surface area contributed by atoms with Crippen molar-refractivity contribution in [2.45, 2.75) is 26.3 Å². The molecule has 4 N–H and O–H groups in total. The molecule has 0 saturated heterocycles. The second-order valence-electron chi connectivity index (χ2n) is 7.32. The van der Waals surface area contributed by atoms with Crippen molar-refractivity contribution < 1.29 is 14.4 Å². The number of hydrazine groups is 1. The SMILES string of the molecule is CC(C)C(NC(=O)Cc1ccc2ccccc2c1)C(=O)NNC(=O)c1cc(Br)c[nH]1. The van der Waals surface area contributed by atoms with Gasteiger partial charge < -0.3 is 10.3 Å². The first-order chi connectivity index (χ1) is 14.3. The van der Waals surface area contributed by atoms with Crippen molar-refractivity contribution >= 4 is 44.4 Å². The van der Waals surface area contributed by atoms with E-state index in [2.05, 4.69) is 37.1 Å². The Balaban J connectivity index is 1.58. The van der Waals surface area contributed by atoms with Gasteiger partial charge in [-0.25, -0.2) is 0 Å². The Labute approximate surface area is 182 Å². The van der Waals surface area contributed by atoms with Crippen molar-refractivity contribution in [3.05, 3.63) is 70.5 Å². The fourth-order valence-corrected chi connectivity index (χ4v) is 3.40. The van der Waals surface area contributed by atoms with E-state index in [-0.39, 0.29) is 18.2 Å². The Morgan fingerprint density at radius 2 is 1.73 bits per heavy atom. The number of H-pyrrole nitrogens is 1. The van der Waals surface area contributed by atoms with Gasteiger partial charge >= 0.3 is 0 Å². The molecule has 0 aliphatic rings. The summed E-state index contributed by atoms with van der Waals surface area (Å²) in [6.07, 6.45) is 1.77. The number of amides is 3. The first kappa shape index (κ1) is 21.6. The standard InChI is InChI=1S/C22H23BrN4O3/c1-13(2)20(22(30)27-26-21(29)18-11-17(23)12-24-18)25-19(28)10-14-7-8-15-5-3-4-6-16(15)9-14/h3-9,11-13,20,24H,10H2,1-2H3,(H,25,28)(H,26,29)(H,27,30). The number of aromatic amines is 1. The van der Waals surface area contributed by atoms with Crippen LogP contribution in [-0.2, 0) is 16.0 Å². The molecule has 1 atom stereocenters. The Kier molecular flexibility index (Phi) is 6.89. The molecule has 1 aromatic heterocycles. The fourth-order valence-electron chi connectivity index (χ4n) is 3.06. The number of halogens is 1. The Morgan fingerprint density at radius 3 is 2.40 bits per heavy atom. The number of carbonyl (C=O) groups excluding carboxylic acids is 3. The van der Waals surface area contributed by atoms with Gasteiger partial charge in [-0.2, -0.15) is 0 Å². The molecule has 3 amide bonds. The molecular weight excluding hydrogens is 448 g/mol. The van der Waals surface area contributed by atoms with Gasteiger partial charge in [-0.1, -0.05) is 56.3 Å². The second-order valence-corrected chi connectivity index (χ2v) is 8.24. The lowest BCUT2D eigenvalue weighted by Crippen LogP contribution is -2.54. The maximum absolute atomic E-state index is 12.5. The van der Waals surface area contributed by atoms with Gasteiger partial charge in [-0.05, 0) is 44.3 Å². The molecule has 0 aliphatic carbocycles. The topological polar surface area (TPSA) is 103 Å². The summed E-state index contributed by atoms with van der Waals surface area (Å²) in [6.45, 7) is 3.65. The zero-order chi connectivity index (χ0) is 21.7. The van der Waals surface area contributed by atoms with Gasteiger partial charge in [-0.3, -0.25) is 25.2 Å². The van der Waals surface area contributed by atoms with E-state index in [4.69, 9.17) is 0 Å². The molecule has 2 aromatic carbocycles. The highest BCUT2D eigenvalue weighted by molar-refractivity contribution is 9.10. The van der Waals surface area contributed by atoms with Gasteiger partial charge in [0.25, 0.3) is 11.8 Å². The summed E-state index contributed by atoms with van der Waals surface area (Å²) in [7, 11) is 0. The number of carbonyl (C=O) groups is 3. The van der Waals surface area contributed by atoms with Crippen LogP contribution in [0.5, 0.6) is 0 Å². The van der Waals surface area contributed by atoms with Gasteiger partial charge in [0, 0.05) is 10.7 Å². The highest BCUT2D eigenvalue weighted by atomic mass is 79.9. The number of hydrogen-bond acceptors (Lipinski definition) is 3. The monoisotopic (exact) mass is 470 g/mol. The molecule has 7 nitrogen and oxygen atoms in total. The summed E-state index contributed by atoms with van der Waals surface area (Å²) >= 11 is 3.24. The molecule has 0 aliphatic heterocycles. The number of nitrogens with one attached hydrogen (secondary N) is 4. The van der Waals surface area contributed by atoms with Gasteiger partial charge in [-0.15, -0.1) is 0 Å². The van der Waals surface area contributed by atoms with E-state index in [0.717, 1.165) is 20.8 Å². The summed E-state index contributed by atoms with van der Waals surface area (Å²) in [4.78, 5) is 39.9. The van der Waals surface area contributed by atoms with Crippen LogP contribution in [0.25, 0.3) is 10.8 Å². The van der Waals surface area contributed by atoms with E-state index >= 15 is 0 Å².